The summed E-state index contributed by atoms with van der Waals surface area (Å²) >= 11 is 0. The van der Waals surface area contributed by atoms with Crippen LogP contribution in [0.2, 0.25) is 0 Å². The Morgan fingerprint density at radius 2 is 1.79 bits per heavy atom. The van der Waals surface area contributed by atoms with E-state index in [1.807, 2.05) is 6.07 Å². The Morgan fingerprint density at radius 3 is 2.52 bits per heavy atom. The van der Waals surface area contributed by atoms with Crippen molar-refractivity contribution in [3.63, 3.8) is 0 Å². The molecule has 152 valence electrons. The molecule has 8 nitrogen and oxygen atoms in total. The van der Waals surface area contributed by atoms with E-state index in [1.54, 1.807) is 41.6 Å². The summed E-state index contributed by atoms with van der Waals surface area (Å²) in [7, 11) is 1.34. The molecule has 29 heavy (non-hydrogen) atoms. The standard InChI is InChI=1S/C21H23N3O5/c1-27-20(26)15-3-2-4-17(11-15)23-18-12-16(13-22-14-18)19(25)24-7-5-21(6-8-24)28-9-10-29-21/h2-4,11-14,23H,5-10H2,1H3. The molecule has 3 heterocycles. The van der Waals surface area contributed by atoms with Gasteiger partial charge in [-0.2, -0.15) is 0 Å². The molecule has 2 aromatic rings. The third-order valence-corrected chi connectivity index (χ3v) is 5.18. The predicted octanol–water partition coefficient (Wildman–Crippen LogP) is 2.59. The van der Waals surface area contributed by atoms with Gasteiger partial charge in [0.05, 0.1) is 43.3 Å². The van der Waals surface area contributed by atoms with Crippen molar-refractivity contribution in [2.24, 2.45) is 0 Å². The van der Waals surface area contributed by atoms with Crippen molar-refractivity contribution in [3.8, 4) is 0 Å². The monoisotopic (exact) mass is 397 g/mol. The number of nitrogens with zero attached hydrogens (tertiary/aromatic N) is 2. The molecule has 0 bridgehead atoms. The van der Waals surface area contributed by atoms with Crippen molar-refractivity contribution in [1.82, 2.24) is 9.88 Å². The number of carbonyl (C=O) groups is 2. The van der Waals surface area contributed by atoms with E-state index in [-0.39, 0.29) is 5.91 Å². The highest BCUT2D eigenvalue weighted by Crippen LogP contribution is 2.31. The third kappa shape index (κ3) is 4.23. The van der Waals surface area contributed by atoms with Crippen molar-refractivity contribution in [2.75, 3.05) is 38.7 Å². The fourth-order valence-electron chi connectivity index (χ4n) is 3.65. The van der Waals surface area contributed by atoms with Gasteiger partial charge in [-0.3, -0.25) is 9.78 Å². The Kier molecular flexibility index (Phi) is 5.46. The van der Waals surface area contributed by atoms with Crippen molar-refractivity contribution in [3.05, 3.63) is 53.9 Å². The summed E-state index contributed by atoms with van der Waals surface area (Å²) in [4.78, 5) is 30.6. The van der Waals surface area contributed by atoms with E-state index in [9.17, 15) is 9.59 Å². The summed E-state index contributed by atoms with van der Waals surface area (Å²) in [6, 6.07) is 8.70. The number of hydrogen-bond acceptors (Lipinski definition) is 7. The second kappa shape index (κ2) is 8.18. The van der Waals surface area contributed by atoms with Crippen molar-refractivity contribution >= 4 is 23.3 Å². The molecule has 4 rings (SSSR count). The molecule has 0 atom stereocenters. The lowest BCUT2D eigenvalue weighted by atomic mass is 10.0. The molecule has 1 amide bonds. The predicted molar refractivity (Wildman–Crippen MR) is 105 cm³/mol. The smallest absolute Gasteiger partial charge is 0.337 e. The average molecular weight is 397 g/mol. The molecule has 2 saturated heterocycles. The van der Waals surface area contributed by atoms with Crippen molar-refractivity contribution in [1.29, 1.82) is 0 Å². The summed E-state index contributed by atoms with van der Waals surface area (Å²) < 4.78 is 16.2. The first-order chi connectivity index (χ1) is 14.1. The Labute approximate surface area is 168 Å². The quantitative estimate of drug-likeness (QED) is 0.793. The van der Waals surface area contributed by atoms with Crippen LogP contribution in [0.3, 0.4) is 0 Å². The maximum atomic E-state index is 12.9. The highest BCUT2D eigenvalue weighted by molar-refractivity contribution is 5.95. The highest BCUT2D eigenvalue weighted by atomic mass is 16.7. The van der Waals surface area contributed by atoms with Crippen LogP contribution in [-0.4, -0.2) is 61.0 Å². The number of likely N-dealkylation sites (tertiary alicyclic amines) is 1. The minimum atomic E-state index is -0.511. The van der Waals surface area contributed by atoms with Gasteiger partial charge in [0.25, 0.3) is 5.91 Å². The highest BCUT2D eigenvalue weighted by Gasteiger charge is 2.40. The van der Waals surface area contributed by atoms with Crippen LogP contribution in [0.4, 0.5) is 11.4 Å². The van der Waals surface area contributed by atoms with Crippen LogP contribution in [0.15, 0.2) is 42.7 Å². The number of piperidine rings is 1. The van der Waals surface area contributed by atoms with E-state index >= 15 is 0 Å². The van der Waals surface area contributed by atoms with Crippen LogP contribution in [0.1, 0.15) is 33.6 Å². The lowest BCUT2D eigenvalue weighted by Crippen LogP contribution is -2.47. The molecule has 1 spiro atoms. The Bertz CT molecular complexity index is 901. The normalized spacial score (nSPS) is 17.9. The molecular formula is C21H23N3O5. The maximum absolute atomic E-state index is 12.9. The van der Waals surface area contributed by atoms with Gasteiger partial charge in [0.2, 0.25) is 0 Å². The summed E-state index contributed by atoms with van der Waals surface area (Å²) in [6.07, 6.45) is 4.53. The van der Waals surface area contributed by atoms with Gasteiger partial charge in [-0.25, -0.2) is 4.79 Å². The number of aromatic nitrogens is 1. The number of amides is 1. The van der Waals surface area contributed by atoms with Crippen LogP contribution < -0.4 is 5.32 Å². The van der Waals surface area contributed by atoms with Gasteiger partial charge in [0.15, 0.2) is 5.79 Å². The second-order valence-corrected chi connectivity index (χ2v) is 7.06. The SMILES string of the molecule is COC(=O)c1cccc(Nc2cncc(C(=O)N3CCC4(CC3)OCCO4)c2)c1. The van der Waals surface area contributed by atoms with Crippen LogP contribution in [0.25, 0.3) is 0 Å². The van der Waals surface area contributed by atoms with Crippen LogP contribution >= 0.6 is 0 Å². The number of pyridine rings is 1. The number of rotatable bonds is 4. The van der Waals surface area contributed by atoms with E-state index in [0.29, 0.717) is 61.6 Å². The molecule has 1 N–H and O–H groups in total. The topological polar surface area (TPSA) is 90.0 Å². The number of esters is 1. The molecule has 0 radical (unpaired) electrons. The number of carbonyl (C=O) groups excluding carboxylic acids is 2. The molecule has 2 aliphatic heterocycles. The first-order valence-corrected chi connectivity index (χ1v) is 9.56. The van der Waals surface area contributed by atoms with E-state index < -0.39 is 11.8 Å². The van der Waals surface area contributed by atoms with E-state index in [4.69, 9.17) is 14.2 Å². The van der Waals surface area contributed by atoms with Crippen molar-refractivity contribution in [2.45, 2.75) is 18.6 Å². The van der Waals surface area contributed by atoms with E-state index in [1.165, 1.54) is 7.11 Å². The first kappa shape index (κ1) is 19.4. The number of methoxy groups -OCH3 is 1. The van der Waals surface area contributed by atoms with Gasteiger partial charge >= 0.3 is 5.97 Å². The third-order valence-electron chi connectivity index (χ3n) is 5.18. The van der Waals surface area contributed by atoms with Gasteiger partial charge in [-0.05, 0) is 24.3 Å². The maximum Gasteiger partial charge on any atom is 0.337 e. The minimum absolute atomic E-state index is 0.0719. The second-order valence-electron chi connectivity index (χ2n) is 7.06. The van der Waals surface area contributed by atoms with Crippen molar-refractivity contribution < 1.29 is 23.8 Å². The zero-order valence-corrected chi connectivity index (χ0v) is 16.2. The lowest BCUT2D eigenvalue weighted by molar-refractivity contribution is -0.181. The molecule has 0 saturated carbocycles. The van der Waals surface area contributed by atoms with Gasteiger partial charge in [-0.1, -0.05) is 6.07 Å². The molecule has 2 aliphatic rings. The zero-order valence-electron chi connectivity index (χ0n) is 16.2. The fourth-order valence-corrected chi connectivity index (χ4v) is 3.65. The van der Waals surface area contributed by atoms with Crippen LogP contribution in [-0.2, 0) is 14.2 Å². The van der Waals surface area contributed by atoms with Crippen LogP contribution in [0.5, 0.6) is 0 Å². The Hall–Kier alpha value is -2.97. The zero-order chi connectivity index (χ0) is 20.3. The average Bonchev–Trinajstić information content (AvgIpc) is 3.21. The number of anilines is 2. The van der Waals surface area contributed by atoms with E-state index in [2.05, 4.69) is 10.3 Å². The fraction of sp³-hybridized carbons (Fsp3) is 0.381. The molecule has 2 fully saturated rings. The number of ether oxygens (including phenoxy) is 3. The molecule has 8 heteroatoms. The summed E-state index contributed by atoms with van der Waals surface area (Å²) in [5.41, 5.74) is 2.31. The molecule has 1 aromatic carbocycles. The Balaban J connectivity index is 1.43. The first-order valence-electron chi connectivity index (χ1n) is 9.56. The molecular weight excluding hydrogens is 374 g/mol. The minimum Gasteiger partial charge on any atom is -0.465 e. The van der Waals surface area contributed by atoms with Gasteiger partial charge < -0.3 is 24.4 Å². The summed E-state index contributed by atoms with van der Waals surface area (Å²) in [5.74, 6) is -0.991. The molecule has 1 aromatic heterocycles. The molecule has 0 unspecified atom stereocenters. The number of nitrogens with one attached hydrogen (secondary N) is 1. The lowest BCUT2D eigenvalue weighted by Gasteiger charge is -2.37. The number of benzene rings is 1. The van der Waals surface area contributed by atoms with Gasteiger partial charge in [0, 0.05) is 37.8 Å². The molecule has 0 aliphatic carbocycles. The van der Waals surface area contributed by atoms with Gasteiger partial charge in [-0.15, -0.1) is 0 Å². The van der Waals surface area contributed by atoms with E-state index in [0.717, 1.165) is 0 Å². The Morgan fingerprint density at radius 1 is 1.07 bits per heavy atom. The summed E-state index contributed by atoms with van der Waals surface area (Å²) in [6.45, 7) is 2.39. The largest absolute Gasteiger partial charge is 0.465 e. The number of hydrogen-bond donors (Lipinski definition) is 1. The summed E-state index contributed by atoms with van der Waals surface area (Å²) in [5, 5.41) is 3.18. The van der Waals surface area contributed by atoms with Crippen LogP contribution in [0, 0.1) is 0 Å². The van der Waals surface area contributed by atoms with Gasteiger partial charge in [0.1, 0.15) is 0 Å².